The zero-order valence-electron chi connectivity index (χ0n) is 3.57. The predicted molar refractivity (Wildman–Crippen MR) is 25.7 cm³/mol. The molecule has 0 heterocycles. The summed E-state index contributed by atoms with van der Waals surface area (Å²) in [5.41, 5.74) is 0. The van der Waals surface area contributed by atoms with Crippen LogP contribution in [-0.2, 0) is 0 Å². The van der Waals surface area contributed by atoms with E-state index in [-0.39, 0.29) is 0 Å². The van der Waals surface area contributed by atoms with Crippen molar-refractivity contribution in [3.63, 3.8) is 0 Å². The molecule has 0 rings (SSSR count). The van der Waals surface area contributed by atoms with Crippen LogP contribution in [0.4, 0.5) is 0 Å². The van der Waals surface area contributed by atoms with E-state index < -0.39 is 5.03 Å². The fourth-order valence-electron chi connectivity index (χ4n) is 0.102. The maximum atomic E-state index is 9.32. The molecule has 0 bridgehead atoms. The van der Waals surface area contributed by atoms with Crippen molar-refractivity contribution in [2.45, 2.75) is 0 Å². The Morgan fingerprint density at radius 2 is 2.43 bits per heavy atom. The first-order valence-electron chi connectivity index (χ1n) is 1.56. The number of hydrogen-bond donors (Lipinski definition) is 0. The molecular formula is C3H4N2O2. The van der Waals surface area contributed by atoms with Gasteiger partial charge in [0.15, 0.2) is 5.03 Å². The standard InChI is InChI=1S/C3H4N2O2/c1-2-3-4-5(6)7/h2-3H,1H2/b4-3+. The molecule has 0 aliphatic rings. The van der Waals surface area contributed by atoms with Crippen molar-refractivity contribution < 1.29 is 5.03 Å². The molecule has 0 aliphatic carbocycles. The zero-order valence-corrected chi connectivity index (χ0v) is 3.57. The van der Waals surface area contributed by atoms with Crippen LogP contribution >= 0.6 is 0 Å². The summed E-state index contributed by atoms with van der Waals surface area (Å²) >= 11 is 0. The van der Waals surface area contributed by atoms with Gasteiger partial charge in [0.05, 0.1) is 5.10 Å². The first kappa shape index (κ1) is 5.81. The molecule has 0 spiro atoms. The van der Waals surface area contributed by atoms with Crippen LogP contribution in [0.3, 0.4) is 0 Å². The van der Waals surface area contributed by atoms with Gasteiger partial charge in [-0.05, 0) is 6.08 Å². The predicted octanol–water partition coefficient (Wildman–Crippen LogP) is 0.435. The SMILES string of the molecule is C=C/C=N/[N+](=O)[O-]. The maximum Gasteiger partial charge on any atom is 0.190 e. The topological polar surface area (TPSA) is 55.5 Å². The fraction of sp³-hybridized carbons (Fsp3) is 0. The van der Waals surface area contributed by atoms with Gasteiger partial charge in [0.1, 0.15) is 6.21 Å². The van der Waals surface area contributed by atoms with E-state index in [2.05, 4.69) is 11.7 Å². The highest BCUT2D eigenvalue weighted by molar-refractivity contribution is 5.69. The third-order valence-electron chi connectivity index (χ3n) is 0.266. The lowest BCUT2D eigenvalue weighted by molar-refractivity contribution is -0.484. The van der Waals surface area contributed by atoms with Gasteiger partial charge in [-0.1, -0.05) is 6.58 Å². The summed E-state index contributed by atoms with van der Waals surface area (Å²) in [7, 11) is 0. The van der Waals surface area contributed by atoms with Gasteiger partial charge in [0.25, 0.3) is 0 Å². The van der Waals surface area contributed by atoms with Crippen LogP contribution in [0.15, 0.2) is 17.8 Å². The molecule has 0 amide bonds. The molecule has 0 N–H and O–H groups in total. The first-order valence-corrected chi connectivity index (χ1v) is 1.56. The minimum absolute atomic E-state index is 0.790. The number of nitro groups is 1. The maximum absolute atomic E-state index is 9.32. The van der Waals surface area contributed by atoms with E-state index >= 15 is 0 Å². The Bertz CT molecular complexity index is 108. The first-order chi connectivity index (χ1) is 3.27. The van der Waals surface area contributed by atoms with E-state index in [1.54, 1.807) is 0 Å². The Kier molecular flexibility index (Phi) is 2.50. The van der Waals surface area contributed by atoms with Crippen molar-refractivity contribution in [2.75, 3.05) is 0 Å². The van der Waals surface area contributed by atoms with Gasteiger partial charge in [0.2, 0.25) is 0 Å². The molecule has 4 nitrogen and oxygen atoms in total. The largest absolute Gasteiger partial charge is 0.233 e. The van der Waals surface area contributed by atoms with Crippen LogP contribution in [0.5, 0.6) is 0 Å². The van der Waals surface area contributed by atoms with Crippen molar-refractivity contribution in [3.05, 3.63) is 22.8 Å². The van der Waals surface area contributed by atoms with E-state index in [4.69, 9.17) is 0 Å². The van der Waals surface area contributed by atoms with E-state index in [0.29, 0.717) is 0 Å². The Labute approximate surface area is 40.3 Å². The second-order valence-electron chi connectivity index (χ2n) is 0.738. The van der Waals surface area contributed by atoms with Gasteiger partial charge in [-0.15, -0.1) is 0 Å². The fourth-order valence-corrected chi connectivity index (χ4v) is 0.102. The lowest BCUT2D eigenvalue weighted by Gasteiger charge is -1.67. The van der Waals surface area contributed by atoms with Gasteiger partial charge >= 0.3 is 0 Å². The number of nitrogens with zero attached hydrogens (tertiary/aromatic N) is 2. The molecule has 0 aromatic heterocycles. The van der Waals surface area contributed by atoms with Crippen LogP contribution in [-0.4, -0.2) is 11.2 Å². The molecule has 38 valence electrons. The van der Waals surface area contributed by atoms with E-state index in [1.165, 1.54) is 6.08 Å². The van der Waals surface area contributed by atoms with Crippen molar-refractivity contribution >= 4 is 6.21 Å². The minimum atomic E-state index is -0.790. The van der Waals surface area contributed by atoms with E-state index in [0.717, 1.165) is 6.21 Å². The molecule has 0 saturated carbocycles. The average molecular weight is 100 g/mol. The lowest BCUT2D eigenvalue weighted by atomic mass is 10.7. The summed E-state index contributed by atoms with van der Waals surface area (Å²) in [6, 6.07) is 0. The molecular weight excluding hydrogens is 96.0 g/mol. The number of rotatable bonds is 2. The van der Waals surface area contributed by atoms with Crippen LogP contribution in [0.1, 0.15) is 0 Å². The average Bonchev–Trinajstić information content (AvgIpc) is 1.61. The summed E-state index contributed by atoms with van der Waals surface area (Å²) in [4.78, 5) is 9.32. The van der Waals surface area contributed by atoms with Crippen LogP contribution in [0, 0.1) is 10.1 Å². The number of hydrogen-bond acceptors (Lipinski definition) is 2. The normalized spacial score (nSPS) is 9.14. The van der Waals surface area contributed by atoms with Crippen molar-refractivity contribution in [1.82, 2.24) is 0 Å². The molecule has 0 fully saturated rings. The summed E-state index contributed by atoms with van der Waals surface area (Å²) in [5, 5.41) is 11.3. The third-order valence-corrected chi connectivity index (χ3v) is 0.266. The third kappa shape index (κ3) is 4.81. The van der Waals surface area contributed by atoms with Gasteiger partial charge in [0, 0.05) is 0 Å². The highest BCUT2D eigenvalue weighted by atomic mass is 16.7. The Balaban J connectivity index is 3.46. The molecule has 0 aliphatic heterocycles. The summed E-state index contributed by atoms with van der Waals surface area (Å²) in [6.45, 7) is 3.18. The lowest BCUT2D eigenvalue weighted by Crippen LogP contribution is -1.82. The molecule has 0 aromatic rings. The summed E-state index contributed by atoms with van der Waals surface area (Å²) < 4.78 is 0. The summed E-state index contributed by atoms with van der Waals surface area (Å²) in [6.07, 6.45) is 2.25. The molecule has 0 radical (unpaired) electrons. The number of allylic oxidation sites excluding steroid dienone is 1. The van der Waals surface area contributed by atoms with Crippen molar-refractivity contribution in [2.24, 2.45) is 5.10 Å². The molecule has 0 aromatic carbocycles. The second-order valence-corrected chi connectivity index (χ2v) is 0.738. The Hall–Kier alpha value is -1.19. The summed E-state index contributed by atoms with van der Waals surface area (Å²) in [5.74, 6) is 0. The minimum Gasteiger partial charge on any atom is -0.233 e. The molecule has 0 saturated heterocycles. The van der Waals surface area contributed by atoms with Crippen molar-refractivity contribution in [3.8, 4) is 0 Å². The van der Waals surface area contributed by atoms with Gasteiger partial charge in [-0.2, -0.15) is 0 Å². The quantitative estimate of drug-likeness (QED) is 0.287. The van der Waals surface area contributed by atoms with E-state index in [9.17, 15) is 10.1 Å². The van der Waals surface area contributed by atoms with Gasteiger partial charge in [-0.3, -0.25) is 0 Å². The molecule has 0 atom stereocenters. The number of hydrazone groups is 1. The van der Waals surface area contributed by atoms with Gasteiger partial charge < -0.3 is 0 Å². The molecule has 7 heavy (non-hydrogen) atoms. The van der Waals surface area contributed by atoms with Gasteiger partial charge in [-0.25, -0.2) is 10.1 Å². The zero-order chi connectivity index (χ0) is 5.70. The highest BCUT2D eigenvalue weighted by Gasteiger charge is 1.77. The highest BCUT2D eigenvalue weighted by Crippen LogP contribution is 1.64. The smallest absolute Gasteiger partial charge is 0.190 e. The second kappa shape index (κ2) is 3.02. The Morgan fingerprint density at radius 3 is 2.57 bits per heavy atom. The van der Waals surface area contributed by atoms with Crippen LogP contribution in [0.2, 0.25) is 0 Å². The molecule has 0 unspecified atom stereocenters. The molecule has 4 heteroatoms. The van der Waals surface area contributed by atoms with E-state index in [1.807, 2.05) is 0 Å². The monoisotopic (exact) mass is 100 g/mol. The van der Waals surface area contributed by atoms with Crippen LogP contribution < -0.4 is 0 Å². The van der Waals surface area contributed by atoms with Crippen molar-refractivity contribution in [1.29, 1.82) is 0 Å². The van der Waals surface area contributed by atoms with Crippen LogP contribution in [0.25, 0.3) is 0 Å². The Morgan fingerprint density at radius 1 is 1.86 bits per heavy atom.